The van der Waals surface area contributed by atoms with E-state index in [-0.39, 0.29) is 23.5 Å². The van der Waals surface area contributed by atoms with E-state index in [0.717, 1.165) is 38.8 Å². The average molecular weight is 280 g/mol. The summed E-state index contributed by atoms with van der Waals surface area (Å²) in [6.07, 6.45) is 6.52. The lowest BCUT2D eigenvalue weighted by atomic mass is 9.76. The second-order valence-corrected chi connectivity index (χ2v) is 6.42. The Labute approximate surface area is 122 Å². The Morgan fingerprint density at radius 3 is 2.25 bits per heavy atom. The zero-order valence-electron chi connectivity index (χ0n) is 12.9. The van der Waals surface area contributed by atoms with Gasteiger partial charge in [0.15, 0.2) is 0 Å². The summed E-state index contributed by atoms with van der Waals surface area (Å²) in [7, 11) is 1.89. The fourth-order valence-corrected chi connectivity index (χ4v) is 3.60. The third kappa shape index (κ3) is 3.81. The zero-order chi connectivity index (χ0) is 14.5. The van der Waals surface area contributed by atoms with Crippen LogP contribution in [-0.2, 0) is 9.59 Å². The van der Waals surface area contributed by atoms with Gasteiger partial charge in [-0.05, 0) is 45.7 Å². The number of carbonyl (C=O) groups is 2. The molecule has 1 saturated heterocycles. The lowest BCUT2D eigenvalue weighted by Crippen LogP contribution is -2.42. The van der Waals surface area contributed by atoms with E-state index in [4.69, 9.17) is 0 Å². The Bertz CT molecular complexity index is 350. The van der Waals surface area contributed by atoms with Gasteiger partial charge in [0.05, 0.1) is 0 Å². The van der Waals surface area contributed by atoms with E-state index in [1.807, 2.05) is 11.9 Å². The molecule has 1 saturated carbocycles. The van der Waals surface area contributed by atoms with Gasteiger partial charge in [0.1, 0.15) is 5.78 Å². The number of rotatable bonds is 5. The van der Waals surface area contributed by atoms with Crippen molar-refractivity contribution in [2.24, 2.45) is 11.8 Å². The number of amides is 1. The molecule has 1 heterocycles. The maximum Gasteiger partial charge on any atom is 0.226 e. The van der Waals surface area contributed by atoms with Crippen LogP contribution >= 0.6 is 0 Å². The molecule has 0 aromatic carbocycles. The van der Waals surface area contributed by atoms with Crippen molar-refractivity contribution in [1.82, 2.24) is 9.80 Å². The number of hydrogen-bond donors (Lipinski definition) is 0. The van der Waals surface area contributed by atoms with Gasteiger partial charge in [0.2, 0.25) is 5.91 Å². The summed E-state index contributed by atoms with van der Waals surface area (Å²) in [5.74, 6) is 0.274. The van der Waals surface area contributed by atoms with Crippen LogP contribution in [0.3, 0.4) is 0 Å². The molecule has 114 valence electrons. The van der Waals surface area contributed by atoms with E-state index in [2.05, 4.69) is 4.90 Å². The number of likely N-dealkylation sites (tertiary alicyclic amines) is 1. The first-order valence-corrected chi connectivity index (χ1v) is 8.07. The molecular formula is C16H28N2O2. The molecule has 0 bridgehead atoms. The maximum absolute atomic E-state index is 12.6. The zero-order valence-corrected chi connectivity index (χ0v) is 12.9. The minimum Gasteiger partial charge on any atom is -0.344 e. The highest BCUT2D eigenvalue weighted by Gasteiger charge is 2.35. The molecule has 20 heavy (non-hydrogen) atoms. The molecule has 1 aliphatic heterocycles. The number of Topliss-reactive ketones (excluding diaryl/α,β-unsaturated/α-hetero) is 1. The van der Waals surface area contributed by atoms with E-state index in [1.165, 1.54) is 25.9 Å². The first kappa shape index (κ1) is 15.5. The number of likely N-dealkylation sites (N-methyl/N-ethyl adjacent to an activating group) is 1. The summed E-state index contributed by atoms with van der Waals surface area (Å²) in [5, 5.41) is 0. The maximum atomic E-state index is 12.6. The van der Waals surface area contributed by atoms with Crippen LogP contribution in [0.15, 0.2) is 0 Å². The van der Waals surface area contributed by atoms with Gasteiger partial charge in [-0.1, -0.05) is 12.8 Å². The van der Waals surface area contributed by atoms with Crippen LogP contribution in [0.5, 0.6) is 0 Å². The second kappa shape index (κ2) is 7.21. The molecule has 0 radical (unpaired) electrons. The molecule has 4 heteroatoms. The van der Waals surface area contributed by atoms with Crippen molar-refractivity contribution in [2.45, 2.75) is 45.4 Å². The summed E-state index contributed by atoms with van der Waals surface area (Å²) in [4.78, 5) is 28.6. The van der Waals surface area contributed by atoms with Crippen LogP contribution < -0.4 is 0 Å². The first-order chi connectivity index (χ1) is 9.59. The minimum atomic E-state index is -0.0650. The largest absolute Gasteiger partial charge is 0.344 e. The number of carbonyl (C=O) groups excluding carboxylic acids is 2. The molecule has 0 aromatic rings. The highest BCUT2D eigenvalue weighted by Crippen LogP contribution is 2.31. The monoisotopic (exact) mass is 280 g/mol. The number of nitrogens with zero attached hydrogens (tertiary/aromatic N) is 2. The topological polar surface area (TPSA) is 40.6 Å². The lowest BCUT2D eigenvalue weighted by Gasteiger charge is -2.32. The number of ketones is 1. The summed E-state index contributed by atoms with van der Waals surface area (Å²) >= 11 is 0. The predicted molar refractivity (Wildman–Crippen MR) is 79.4 cm³/mol. The third-order valence-electron chi connectivity index (χ3n) is 4.93. The standard InChI is InChI=1S/C16H28N2O2/c1-13(19)14-7-3-4-8-15(14)16(20)17(2)11-12-18-9-5-6-10-18/h14-15H,3-12H2,1-2H3. The van der Waals surface area contributed by atoms with Crippen molar-refractivity contribution < 1.29 is 9.59 Å². The van der Waals surface area contributed by atoms with E-state index in [9.17, 15) is 9.59 Å². The van der Waals surface area contributed by atoms with E-state index < -0.39 is 0 Å². The molecule has 0 spiro atoms. The van der Waals surface area contributed by atoms with Crippen LogP contribution in [0.4, 0.5) is 0 Å². The third-order valence-corrected chi connectivity index (χ3v) is 4.93. The van der Waals surface area contributed by atoms with Crippen LogP contribution in [0.1, 0.15) is 45.4 Å². The minimum absolute atomic E-state index is 0.0366. The Morgan fingerprint density at radius 2 is 1.65 bits per heavy atom. The van der Waals surface area contributed by atoms with E-state index in [1.54, 1.807) is 6.92 Å². The van der Waals surface area contributed by atoms with Crippen LogP contribution in [-0.4, -0.2) is 54.7 Å². The van der Waals surface area contributed by atoms with Gasteiger partial charge in [-0.25, -0.2) is 0 Å². The quantitative estimate of drug-likeness (QED) is 0.772. The van der Waals surface area contributed by atoms with Crippen molar-refractivity contribution in [3.8, 4) is 0 Å². The van der Waals surface area contributed by atoms with Gasteiger partial charge >= 0.3 is 0 Å². The fraction of sp³-hybridized carbons (Fsp3) is 0.875. The van der Waals surface area contributed by atoms with Crippen molar-refractivity contribution in [3.05, 3.63) is 0 Å². The highest BCUT2D eigenvalue weighted by atomic mass is 16.2. The van der Waals surface area contributed by atoms with Crippen molar-refractivity contribution in [2.75, 3.05) is 33.2 Å². The summed E-state index contributed by atoms with van der Waals surface area (Å²) in [6.45, 7) is 5.74. The lowest BCUT2D eigenvalue weighted by molar-refractivity contribution is -0.141. The molecule has 1 aliphatic carbocycles. The highest BCUT2D eigenvalue weighted by molar-refractivity contribution is 5.87. The van der Waals surface area contributed by atoms with Gasteiger partial charge in [-0.3, -0.25) is 9.59 Å². The molecule has 0 N–H and O–H groups in total. The van der Waals surface area contributed by atoms with Gasteiger partial charge in [-0.15, -0.1) is 0 Å². The van der Waals surface area contributed by atoms with E-state index >= 15 is 0 Å². The molecule has 2 fully saturated rings. The van der Waals surface area contributed by atoms with Crippen LogP contribution in [0.2, 0.25) is 0 Å². The van der Waals surface area contributed by atoms with Crippen LogP contribution in [0.25, 0.3) is 0 Å². The predicted octanol–water partition coefficient (Wildman–Crippen LogP) is 1.94. The fourth-order valence-electron chi connectivity index (χ4n) is 3.60. The normalized spacial score (nSPS) is 27.5. The molecular weight excluding hydrogens is 252 g/mol. The Balaban J connectivity index is 1.85. The summed E-state index contributed by atoms with van der Waals surface area (Å²) in [5.41, 5.74) is 0. The Morgan fingerprint density at radius 1 is 1.05 bits per heavy atom. The van der Waals surface area contributed by atoms with Gasteiger partial charge in [0, 0.05) is 32.0 Å². The molecule has 2 rings (SSSR count). The smallest absolute Gasteiger partial charge is 0.226 e. The molecule has 2 unspecified atom stereocenters. The molecule has 2 aliphatic rings. The summed E-state index contributed by atoms with van der Waals surface area (Å²) in [6, 6.07) is 0. The van der Waals surface area contributed by atoms with Crippen molar-refractivity contribution in [3.63, 3.8) is 0 Å². The molecule has 2 atom stereocenters. The molecule has 4 nitrogen and oxygen atoms in total. The summed E-state index contributed by atoms with van der Waals surface area (Å²) < 4.78 is 0. The van der Waals surface area contributed by atoms with Gasteiger partial charge in [0.25, 0.3) is 0 Å². The Kier molecular flexibility index (Phi) is 5.58. The SMILES string of the molecule is CC(=O)C1CCCCC1C(=O)N(C)CCN1CCCC1. The Hall–Kier alpha value is -0.900. The van der Waals surface area contributed by atoms with Crippen molar-refractivity contribution >= 4 is 11.7 Å². The average Bonchev–Trinajstić information content (AvgIpc) is 2.97. The molecule has 0 aromatic heterocycles. The van der Waals surface area contributed by atoms with Gasteiger partial charge < -0.3 is 9.80 Å². The second-order valence-electron chi connectivity index (χ2n) is 6.42. The number of hydrogen-bond acceptors (Lipinski definition) is 3. The van der Waals surface area contributed by atoms with Crippen LogP contribution in [0, 0.1) is 11.8 Å². The van der Waals surface area contributed by atoms with Crippen molar-refractivity contribution in [1.29, 1.82) is 0 Å². The molecule has 1 amide bonds. The van der Waals surface area contributed by atoms with Gasteiger partial charge in [-0.2, -0.15) is 0 Å². The van der Waals surface area contributed by atoms with E-state index in [0.29, 0.717) is 0 Å². The first-order valence-electron chi connectivity index (χ1n) is 8.07.